The van der Waals surface area contributed by atoms with Gasteiger partial charge in [-0.1, -0.05) is 31.2 Å². The molecule has 0 aromatic carbocycles. The van der Waals surface area contributed by atoms with E-state index in [-0.39, 0.29) is 0 Å². The summed E-state index contributed by atoms with van der Waals surface area (Å²) < 4.78 is 7.83. The van der Waals surface area contributed by atoms with E-state index >= 15 is 0 Å². The van der Waals surface area contributed by atoms with Gasteiger partial charge in [0.15, 0.2) is 5.15 Å². The molecule has 0 aliphatic rings. The Morgan fingerprint density at radius 1 is 1.37 bits per heavy atom. The van der Waals surface area contributed by atoms with Gasteiger partial charge in [-0.25, -0.2) is 4.98 Å². The van der Waals surface area contributed by atoms with Gasteiger partial charge in [0.25, 0.3) is 0 Å². The molecule has 0 spiro atoms. The second-order valence-electron chi connectivity index (χ2n) is 6.13. The van der Waals surface area contributed by atoms with Crippen molar-refractivity contribution >= 4 is 30.6 Å². The molecule has 0 bridgehead atoms. The maximum atomic E-state index is 6.18. The maximum absolute atomic E-state index is 6.18. The number of pyridine rings is 1. The predicted molar refractivity (Wildman–Crippen MR) is 83.6 cm³/mol. The molecule has 2 rings (SSSR count). The molecule has 104 valence electrons. The summed E-state index contributed by atoms with van der Waals surface area (Å²) in [6.07, 6.45) is 3.82. The summed E-state index contributed by atoms with van der Waals surface area (Å²) >= 11 is 6.18. The van der Waals surface area contributed by atoms with Crippen LogP contribution in [0.5, 0.6) is 0 Å². The van der Waals surface area contributed by atoms with Crippen LogP contribution in [0.25, 0.3) is 10.9 Å². The summed E-state index contributed by atoms with van der Waals surface area (Å²) in [7, 11) is -1.03. The van der Waals surface area contributed by atoms with E-state index in [4.69, 9.17) is 16.3 Å². The number of aryl methyl sites for hydroxylation is 1. The lowest BCUT2D eigenvalue weighted by molar-refractivity contribution is 0.0901. The molecule has 2 aromatic rings. The molecular formula is C14H21ClN2OSi. The quantitative estimate of drug-likeness (QED) is 0.467. The van der Waals surface area contributed by atoms with Crippen molar-refractivity contribution in [3.05, 3.63) is 29.2 Å². The molecule has 0 unspecified atom stereocenters. The summed E-state index contributed by atoms with van der Waals surface area (Å²) in [6.45, 7) is 10.5. The van der Waals surface area contributed by atoms with E-state index < -0.39 is 8.07 Å². The Balaban J connectivity index is 2.09. The van der Waals surface area contributed by atoms with Crippen LogP contribution in [0.3, 0.4) is 0 Å². The second-order valence-corrected chi connectivity index (χ2v) is 12.1. The van der Waals surface area contributed by atoms with Crippen molar-refractivity contribution in [3.63, 3.8) is 0 Å². The molecule has 2 aromatic heterocycles. The monoisotopic (exact) mass is 296 g/mol. The SMILES string of the molecule is Cc1cn(COCC[Si](C)(C)C)c2c(Cl)nccc12. The molecule has 0 aliphatic carbocycles. The molecule has 0 saturated heterocycles. The van der Waals surface area contributed by atoms with Gasteiger partial charge in [0.2, 0.25) is 0 Å². The van der Waals surface area contributed by atoms with Crippen molar-refractivity contribution in [2.75, 3.05) is 6.61 Å². The van der Waals surface area contributed by atoms with E-state index in [1.165, 1.54) is 11.6 Å². The highest BCUT2D eigenvalue weighted by Gasteiger charge is 2.13. The predicted octanol–water partition coefficient (Wildman–Crippen LogP) is 4.31. The summed E-state index contributed by atoms with van der Waals surface area (Å²) in [6, 6.07) is 3.17. The van der Waals surface area contributed by atoms with Crippen molar-refractivity contribution in [2.24, 2.45) is 0 Å². The lowest BCUT2D eigenvalue weighted by Crippen LogP contribution is -2.22. The van der Waals surface area contributed by atoms with Gasteiger partial charge < -0.3 is 9.30 Å². The molecule has 0 fully saturated rings. The Bertz CT molecular complexity index is 575. The molecule has 0 atom stereocenters. The molecular weight excluding hydrogens is 276 g/mol. The van der Waals surface area contributed by atoms with E-state index in [0.29, 0.717) is 11.9 Å². The lowest BCUT2D eigenvalue weighted by atomic mass is 10.2. The number of aromatic nitrogens is 2. The fourth-order valence-corrected chi connectivity index (χ4v) is 3.05. The summed E-state index contributed by atoms with van der Waals surface area (Å²) in [5, 5.41) is 1.69. The van der Waals surface area contributed by atoms with Gasteiger partial charge in [0, 0.05) is 32.5 Å². The van der Waals surface area contributed by atoms with E-state index in [2.05, 4.69) is 37.7 Å². The van der Waals surface area contributed by atoms with E-state index in [9.17, 15) is 0 Å². The minimum Gasteiger partial charge on any atom is -0.361 e. The van der Waals surface area contributed by atoms with Crippen LogP contribution in [-0.4, -0.2) is 24.2 Å². The molecule has 0 radical (unpaired) electrons. The number of nitrogens with zero attached hydrogens (tertiary/aromatic N) is 2. The van der Waals surface area contributed by atoms with Gasteiger partial charge in [-0.05, 0) is 24.6 Å². The first-order valence-corrected chi connectivity index (χ1v) is 10.6. The van der Waals surface area contributed by atoms with Gasteiger partial charge in [-0.15, -0.1) is 0 Å². The number of hydrogen-bond acceptors (Lipinski definition) is 2. The first kappa shape index (κ1) is 14.6. The summed E-state index contributed by atoms with van der Waals surface area (Å²) in [5.74, 6) is 0. The highest BCUT2D eigenvalue weighted by Crippen LogP contribution is 2.25. The van der Waals surface area contributed by atoms with Crippen LogP contribution >= 0.6 is 11.6 Å². The van der Waals surface area contributed by atoms with Gasteiger partial charge in [-0.3, -0.25) is 0 Å². The Labute approximate surface area is 120 Å². The topological polar surface area (TPSA) is 27.1 Å². The Hall–Kier alpha value is -0.843. The number of halogens is 1. The maximum Gasteiger partial charge on any atom is 0.153 e. The van der Waals surface area contributed by atoms with Gasteiger partial charge in [0.05, 0.1) is 5.52 Å². The Morgan fingerprint density at radius 3 is 2.79 bits per heavy atom. The molecule has 0 amide bonds. The number of ether oxygens (including phenoxy) is 1. The molecule has 5 heteroatoms. The zero-order valence-electron chi connectivity index (χ0n) is 12.0. The van der Waals surface area contributed by atoms with Gasteiger partial charge >= 0.3 is 0 Å². The third-order valence-electron chi connectivity index (χ3n) is 3.17. The van der Waals surface area contributed by atoms with Crippen molar-refractivity contribution < 1.29 is 4.74 Å². The normalized spacial score (nSPS) is 12.3. The summed E-state index contributed by atoms with van der Waals surface area (Å²) in [4.78, 5) is 4.14. The van der Waals surface area contributed by atoms with E-state index in [1.807, 2.05) is 10.6 Å². The van der Waals surface area contributed by atoms with Crippen LogP contribution in [0.2, 0.25) is 30.8 Å². The van der Waals surface area contributed by atoms with Crippen LogP contribution in [-0.2, 0) is 11.5 Å². The molecule has 3 nitrogen and oxygen atoms in total. The van der Waals surface area contributed by atoms with Gasteiger partial charge in [0.1, 0.15) is 6.73 Å². The highest BCUT2D eigenvalue weighted by molar-refractivity contribution is 6.76. The van der Waals surface area contributed by atoms with Crippen LogP contribution in [0.1, 0.15) is 5.56 Å². The van der Waals surface area contributed by atoms with Crippen LogP contribution < -0.4 is 0 Å². The number of fused-ring (bicyclic) bond motifs is 1. The average molecular weight is 297 g/mol. The van der Waals surface area contributed by atoms with E-state index in [0.717, 1.165) is 17.5 Å². The van der Waals surface area contributed by atoms with Crippen LogP contribution in [0, 0.1) is 6.92 Å². The van der Waals surface area contributed by atoms with Gasteiger partial charge in [-0.2, -0.15) is 0 Å². The fraction of sp³-hybridized carbons (Fsp3) is 0.500. The molecule has 0 N–H and O–H groups in total. The van der Waals surface area contributed by atoms with E-state index in [1.54, 1.807) is 6.20 Å². The Morgan fingerprint density at radius 2 is 2.11 bits per heavy atom. The average Bonchev–Trinajstić information content (AvgIpc) is 2.62. The largest absolute Gasteiger partial charge is 0.361 e. The first-order chi connectivity index (χ1) is 8.88. The highest BCUT2D eigenvalue weighted by atomic mass is 35.5. The third-order valence-corrected chi connectivity index (χ3v) is 5.15. The zero-order valence-corrected chi connectivity index (χ0v) is 13.8. The molecule has 0 aliphatic heterocycles. The lowest BCUT2D eigenvalue weighted by Gasteiger charge is -2.15. The zero-order chi connectivity index (χ0) is 14.0. The van der Waals surface area contributed by atoms with Crippen LogP contribution in [0.15, 0.2) is 18.5 Å². The molecule has 0 saturated carbocycles. The second kappa shape index (κ2) is 5.65. The minimum absolute atomic E-state index is 0.541. The summed E-state index contributed by atoms with van der Waals surface area (Å²) in [5.41, 5.74) is 2.17. The van der Waals surface area contributed by atoms with Crippen LogP contribution in [0.4, 0.5) is 0 Å². The smallest absolute Gasteiger partial charge is 0.153 e. The van der Waals surface area contributed by atoms with Crippen molar-refractivity contribution in [2.45, 2.75) is 39.3 Å². The first-order valence-electron chi connectivity index (χ1n) is 6.56. The van der Waals surface area contributed by atoms with Crippen molar-refractivity contribution in [1.82, 2.24) is 9.55 Å². The van der Waals surface area contributed by atoms with Crippen molar-refractivity contribution in [3.8, 4) is 0 Å². The number of rotatable bonds is 5. The standard InChI is InChI=1S/C14H21ClN2OSi/c1-11-9-17(10-18-7-8-19(2,3)4)13-12(11)5-6-16-14(13)15/h5-6,9H,7-8,10H2,1-4H3. The number of hydrogen-bond donors (Lipinski definition) is 0. The molecule has 19 heavy (non-hydrogen) atoms. The fourth-order valence-electron chi connectivity index (χ4n) is 2.03. The van der Waals surface area contributed by atoms with Crippen molar-refractivity contribution in [1.29, 1.82) is 0 Å². The third kappa shape index (κ3) is 3.59. The minimum atomic E-state index is -1.03. The molecule has 2 heterocycles. The Kier molecular flexibility index (Phi) is 4.33.